The van der Waals surface area contributed by atoms with Crippen molar-refractivity contribution in [3.8, 4) is 11.8 Å². The Morgan fingerprint density at radius 3 is 2.96 bits per heavy atom. The predicted molar refractivity (Wildman–Crippen MR) is 95.6 cm³/mol. The summed E-state index contributed by atoms with van der Waals surface area (Å²) in [5, 5.41) is 0. The van der Waals surface area contributed by atoms with Crippen LogP contribution in [0.2, 0.25) is 0 Å². The number of nitrogens with zero attached hydrogens (tertiary/aromatic N) is 4. The summed E-state index contributed by atoms with van der Waals surface area (Å²) in [5.74, 6) is 0.820. The van der Waals surface area contributed by atoms with Crippen molar-refractivity contribution in [2.45, 2.75) is 18.9 Å². The second kappa shape index (κ2) is 7.96. The summed E-state index contributed by atoms with van der Waals surface area (Å²) >= 11 is 6.41. The zero-order chi connectivity index (χ0) is 17.8. The third-order valence-corrected chi connectivity index (χ3v) is 5.38. The molecule has 1 unspecified atom stereocenters. The van der Waals surface area contributed by atoms with Gasteiger partial charge in [-0.2, -0.15) is 4.98 Å². The van der Waals surface area contributed by atoms with Crippen LogP contribution in [0.25, 0.3) is 0 Å². The molecule has 0 aromatic carbocycles. The number of methoxy groups -OCH3 is 1. The first-order valence-corrected chi connectivity index (χ1v) is 9.24. The van der Waals surface area contributed by atoms with Crippen LogP contribution in [0.15, 0.2) is 12.4 Å². The van der Waals surface area contributed by atoms with Gasteiger partial charge in [-0.1, -0.05) is 24.0 Å². The number of carbonyl (C=O) groups is 2. The first kappa shape index (κ1) is 17.9. The monoisotopic (exact) mass is 382 g/mol. The van der Waals surface area contributed by atoms with Crippen LogP contribution in [-0.2, 0) is 9.59 Å². The van der Waals surface area contributed by atoms with Gasteiger partial charge < -0.3 is 14.4 Å². The van der Waals surface area contributed by atoms with Gasteiger partial charge in [0, 0.05) is 6.54 Å². The van der Waals surface area contributed by atoms with Gasteiger partial charge in [0.1, 0.15) is 17.0 Å². The Bertz CT molecular complexity index is 671. The van der Waals surface area contributed by atoms with Gasteiger partial charge >= 0.3 is 0 Å². The van der Waals surface area contributed by atoms with Crippen LogP contribution in [0, 0.1) is 0 Å². The quantitative estimate of drug-likeness (QED) is 0.689. The third-order valence-electron chi connectivity index (χ3n) is 3.95. The zero-order valence-electron chi connectivity index (χ0n) is 13.7. The minimum atomic E-state index is -0.172. The van der Waals surface area contributed by atoms with Gasteiger partial charge in [0.05, 0.1) is 31.8 Å². The Kier molecular flexibility index (Phi) is 5.69. The number of aromatic nitrogens is 2. The first-order valence-electron chi connectivity index (χ1n) is 7.84. The molecule has 134 valence electrons. The smallest absolute Gasteiger partial charge is 0.242 e. The topological polar surface area (TPSA) is 84.9 Å². The summed E-state index contributed by atoms with van der Waals surface area (Å²) in [6.07, 6.45) is 4.48. The standard InChI is InChI=1S/C15H18N4O4S2/c1-22-11-5-16-6-12(17-11)23-10-3-2-4-18(7-10)13(20)8-19-14(21)9-25-15(19)24/h5-6,10H,2-4,7-9H2,1H3. The molecule has 2 amide bonds. The van der Waals surface area contributed by atoms with E-state index in [1.54, 1.807) is 4.90 Å². The number of amides is 2. The average Bonchev–Trinajstić information content (AvgIpc) is 2.94. The van der Waals surface area contributed by atoms with Crippen molar-refractivity contribution in [1.82, 2.24) is 19.8 Å². The largest absolute Gasteiger partial charge is 0.480 e. The van der Waals surface area contributed by atoms with Gasteiger partial charge in [-0.05, 0) is 12.8 Å². The third kappa shape index (κ3) is 4.37. The van der Waals surface area contributed by atoms with Crippen LogP contribution < -0.4 is 9.47 Å². The molecule has 2 fully saturated rings. The van der Waals surface area contributed by atoms with E-state index in [1.807, 2.05) is 0 Å². The zero-order valence-corrected chi connectivity index (χ0v) is 15.3. The van der Waals surface area contributed by atoms with Crippen molar-refractivity contribution in [3.05, 3.63) is 12.4 Å². The van der Waals surface area contributed by atoms with E-state index in [0.29, 0.717) is 34.9 Å². The second-order valence-electron chi connectivity index (χ2n) is 5.66. The number of piperidine rings is 1. The highest BCUT2D eigenvalue weighted by atomic mass is 32.2. The summed E-state index contributed by atoms with van der Waals surface area (Å²) in [5.41, 5.74) is 0. The molecule has 1 aromatic heterocycles. The van der Waals surface area contributed by atoms with Crippen LogP contribution in [0.1, 0.15) is 12.8 Å². The lowest BCUT2D eigenvalue weighted by Crippen LogP contribution is -2.48. The molecule has 2 aliphatic heterocycles. The van der Waals surface area contributed by atoms with E-state index >= 15 is 0 Å². The first-order chi connectivity index (χ1) is 12.1. The lowest BCUT2D eigenvalue weighted by Gasteiger charge is -2.33. The Balaban J connectivity index is 1.57. The minimum Gasteiger partial charge on any atom is -0.480 e. The molecule has 0 bridgehead atoms. The number of hydrogen-bond donors (Lipinski definition) is 0. The summed E-state index contributed by atoms with van der Waals surface area (Å²) in [4.78, 5) is 35.5. The SMILES string of the molecule is COc1cncc(OC2CCCN(C(=O)CN3C(=O)CSC3=S)C2)n1. The molecule has 1 atom stereocenters. The van der Waals surface area contributed by atoms with Gasteiger partial charge in [-0.25, -0.2) is 0 Å². The summed E-state index contributed by atoms with van der Waals surface area (Å²) in [7, 11) is 1.51. The molecule has 3 rings (SSSR count). The van der Waals surface area contributed by atoms with Crippen molar-refractivity contribution < 1.29 is 19.1 Å². The second-order valence-corrected chi connectivity index (χ2v) is 7.27. The van der Waals surface area contributed by atoms with Crippen molar-refractivity contribution in [2.75, 3.05) is 32.5 Å². The van der Waals surface area contributed by atoms with E-state index in [1.165, 1.54) is 36.2 Å². The van der Waals surface area contributed by atoms with E-state index in [0.717, 1.165) is 12.8 Å². The molecule has 10 heteroatoms. The summed E-state index contributed by atoms with van der Waals surface area (Å²) in [6, 6.07) is 0. The normalized spacial score (nSPS) is 20.8. The fourth-order valence-corrected chi connectivity index (χ4v) is 3.76. The van der Waals surface area contributed by atoms with Gasteiger partial charge in [-0.3, -0.25) is 19.5 Å². The number of hydrogen-bond acceptors (Lipinski definition) is 8. The van der Waals surface area contributed by atoms with Crippen molar-refractivity contribution in [2.24, 2.45) is 0 Å². The molecule has 25 heavy (non-hydrogen) atoms. The number of thiocarbonyl (C=S) groups is 1. The van der Waals surface area contributed by atoms with Gasteiger partial charge in [-0.15, -0.1) is 0 Å². The highest BCUT2D eigenvalue weighted by Gasteiger charge is 2.32. The maximum atomic E-state index is 12.5. The van der Waals surface area contributed by atoms with Crippen LogP contribution in [0.3, 0.4) is 0 Å². The van der Waals surface area contributed by atoms with Crippen LogP contribution in [-0.4, -0.2) is 74.5 Å². The lowest BCUT2D eigenvalue weighted by atomic mass is 10.1. The molecule has 3 heterocycles. The van der Waals surface area contributed by atoms with E-state index in [2.05, 4.69) is 9.97 Å². The Morgan fingerprint density at radius 1 is 1.44 bits per heavy atom. The van der Waals surface area contributed by atoms with Crippen molar-refractivity contribution in [1.29, 1.82) is 0 Å². The Hall–Kier alpha value is -1.94. The summed E-state index contributed by atoms with van der Waals surface area (Å²) < 4.78 is 11.3. The Morgan fingerprint density at radius 2 is 2.24 bits per heavy atom. The number of rotatable bonds is 5. The average molecular weight is 382 g/mol. The molecule has 1 aromatic rings. The maximum Gasteiger partial charge on any atom is 0.242 e. The van der Waals surface area contributed by atoms with Crippen molar-refractivity contribution >= 4 is 40.1 Å². The summed E-state index contributed by atoms with van der Waals surface area (Å²) in [6.45, 7) is 1.08. The van der Waals surface area contributed by atoms with E-state index in [-0.39, 0.29) is 24.5 Å². The van der Waals surface area contributed by atoms with Gasteiger partial charge in [0.15, 0.2) is 0 Å². The minimum absolute atomic E-state index is 0.00362. The van der Waals surface area contributed by atoms with Crippen LogP contribution >= 0.6 is 24.0 Å². The number of carbonyl (C=O) groups excluding carboxylic acids is 2. The lowest BCUT2D eigenvalue weighted by molar-refractivity contribution is -0.137. The molecule has 0 N–H and O–H groups in total. The van der Waals surface area contributed by atoms with E-state index in [4.69, 9.17) is 21.7 Å². The number of thioether (sulfide) groups is 1. The van der Waals surface area contributed by atoms with Gasteiger partial charge in [0.2, 0.25) is 23.6 Å². The van der Waals surface area contributed by atoms with E-state index < -0.39 is 0 Å². The fraction of sp³-hybridized carbons (Fsp3) is 0.533. The number of ether oxygens (including phenoxy) is 2. The molecule has 0 spiro atoms. The van der Waals surface area contributed by atoms with Gasteiger partial charge in [0.25, 0.3) is 0 Å². The highest BCUT2D eigenvalue weighted by Crippen LogP contribution is 2.21. The van der Waals surface area contributed by atoms with Crippen LogP contribution in [0.5, 0.6) is 11.8 Å². The molecule has 2 saturated heterocycles. The molecule has 0 saturated carbocycles. The van der Waals surface area contributed by atoms with E-state index in [9.17, 15) is 9.59 Å². The molecule has 0 radical (unpaired) electrons. The highest BCUT2D eigenvalue weighted by molar-refractivity contribution is 8.23. The molecule has 2 aliphatic rings. The van der Waals surface area contributed by atoms with Crippen LogP contribution in [0.4, 0.5) is 0 Å². The fourth-order valence-electron chi connectivity index (χ4n) is 2.69. The molecule has 8 nitrogen and oxygen atoms in total. The van der Waals surface area contributed by atoms with Crippen molar-refractivity contribution in [3.63, 3.8) is 0 Å². The number of likely N-dealkylation sites (tertiary alicyclic amines) is 1. The predicted octanol–water partition coefficient (Wildman–Crippen LogP) is 0.715. The maximum absolute atomic E-state index is 12.5. The molecular formula is C15H18N4O4S2. The molecular weight excluding hydrogens is 364 g/mol. The Labute approximate surface area is 154 Å². The molecule has 0 aliphatic carbocycles.